The third-order valence-electron chi connectivity index (χ3n) is 7.29. The van der Waals surface area contributed by atoms with Gasteiger partial charge in [0, 0.05) is 30.1 Å². The Bertz CT molecular complexity index is 1500. The Kier molecular flexibility index (Phi) is 4.59. The van der Waals surface area contributed by atoms with Crippen LogP contribution in [0.5, 0.6) is 0 Å². The second-order valence-corrected chi connectivity index (χ2v) is 9.30. The second kappa shape index (κ2) is 7.35. The van der Waals surface area contributed by atoms with Crippen molar-refractivity contribution in [1.29, 1.82) is 0 Å². The smallest absolute Gasteiger partial charge is 0.343 e. The molecule has 1 aromatic carbocycles. The summed E-state index contributed by atoms with van der Waals surface area (Å²) in [6.07, 6.45) is 2.30. The van der Waals surface area contributed by atoms with E-state index in [2.05, 4.69) is 5.32 Å². The van der Waals surface area contributed by atoms with Crippen LogP contribution in [-0.2, 0) is 34.8 Å². The maximum atomic E-state index is 14.1. The average Bonchev–Trinajstić information content (AvgIpc) is 3.57. The molecule has 1 saturated carbocycles. The summed E-state index contributed by atoms with van der Waals surface area (Å²) in [5, 5.41) is 14.7. The Balaban J connectivity index is 1.61. The van der Waals surface area contributed by atoms with Crippen molar-refractivity contribution in [2.24, 2.45) is 0 Å². The second-order valence-electron chi connectivity index (χ2n) is 9.30. The van der Waals surface area contributed by atoms with Gasteiger partial charge < -0.3 is 24.3 Å². The van der Waals surface area contributed by atoms with Gasteiger partial charge in [-0.3, -0.25) is 9.59 Å². The molecule has 176 valence electrons. The lowest BCUT2D eigenvalue weighted by Gasteiger charge is -2.31. The van der Waals surface area contributed by atoms with Crippen molar-refractivity contribution in [3.05, 3.63) is 67.5 Å². The molecular weight excluding hydrogens is 441 g/mol. The Morgan fingerprint density at radius 1 is 1.24 bits per heavy atom. The van der Waals surface area contributed by atoms with Gasteiger partial charge in [-0.1, -0.05) is 6.92 Å². The fraction of sp³-hybridized carbons (Fsp3) is 0.400. The fourth-order valence-electron chi connectivity index (χ4n) is 5.24. The van der Waals surface area contributed by atoms with Crippen LogP contribution in [0.3, 0.4) is 0 Å². The average molecular weight is 465 g/mol. The van der Waals surface area contributed by atoms with Crippen molar-refractivity contribution in [2.75, 3.05) is 6.54 Å². The first-order valence-electron chi connectivity index (χ1n) is 11.6. The number of rotatable bonds is 5. The molecule has 2 N–H and O–H groups in total. The Hall–Kier alpha value is -3.30. The zero-order valence-corrected chi connectivity index (χ0v) is 18.7. The van der Waals surface area contributed by atoms with Crippen molar-refractivity contribution in [1.82, 2.24) is 14.5 Å². The number of aliphatic hydroxyl groups is 1. The number of hydrogen-bond acceptors (Lipinski definition) is 6. The highest BCUT2D eigenvalue weighted by atomic mass is 19.1. The number of carbonyl (C=O) groups is 1. The Morgan fingerprint density at radius 2 is 2.03 bits per heavy atom. The highest BCUT2D eigenvalue weighted by molar-refractivity contribution is 5.88. The molecule has 3 aliphatic rings. The number of halogens is 1. The first-order valence-corrected chi connectivity index (χ1v) is 11.6. The molecule has 0 spiro atoms. The number of carbonyl (C=O) groups excluding carboxylic acids is 1. The van der Waals surface area contributed by atoms with E-state index in [1.165, 1.54) is 16.7 Å². The number of aromatic nitrogens is 2. The zero-order valence-electron chi connectivity index (χ0n) is 18.7. The van der Waals surface area contributed by atoms with E-state index in [4.69, 9.17) is 4.74 Å². The van der Waals surface area contributed by atoms with E-state index in [0.29, 0.717) is 41.6 Å². The number of fused-ring (bicyclic) bond motifs is 5. The Labute approximate surface area is 193 Å². The van der Waals surface area contributed by atoms with Crippen LogP contribution in [0.1, 0.15) is 43.0 Å². The van der Waals surface area contributed by atoms with Gasteiger partial charge in [-0.15, -0.1) is 0 Å². The molecule has 0 radical (unpaired) electrons. The normalized spacial score (nSPS) is 20.7. The minimum atomic E-state index is -1.96. The van der Waals surface area contributed by atoms with Crippen LogP contribution in [0.25, 0.3) is 22.2 Å². The van der Waals surface area contributed by atoms with Gasteiger partial charge in [0.05, 0.1) is 34.6 Å². The molecule has 1 atom stereocenters. The molecule has 0 amide bonds. The third-order valence-corrected chi connectivity index (χ3v) is 7.29. The highest BCUT2D eigenvalue weighted by Gasteiger charge is 2.45. The lowest BCUT2D eigenvalue weighted by atomic mass is 9.86. The minimum Gasteiger partial charge on any atom is -0.458 e. The van der Waals surface area contributed by atoms with Gasteiger partial charge >= 0.3 is 5.97 Å². The summed E-state index contributed by atoms with van der Waals surface area (Å²) in [6, 6.07) is 6.22. The van der Waals surface area contributed by atoms with Gasteiger partial charge in [-0.2, -0.15) is 0 Å². The summed E-state index contributed by atoms with van der Waals surface area (Å²) < 4.78 is 22.7. The van der Waals surface area contributed by atoms with Crippen molar-refractivity contribution in [3.63, 3.8) is 0 Å². The molecule has 34 heavy (non-hydrogen) atoms. The largest absolute Gasteiger partial charge is 0.458 e. The maximum absolute atomic E-state index is 14.1. The monoisotopic (exact) mass is 465 g/mol. The van der Waals surface area contributed by atoms with Crippen LogP contribution >= 0.6 is 0 Å². The molecule has 4 heterocycles. The standard InChI is InChI=1S/C25H24FN3O5/c1-2-25(33)17-10-19-21-20(11-29(19)23(31)16(17)12-34-24(25)32)28(8-7-27-14-4-5-14)18-6-3-13(26)9-15(18)22(21)30/h3,6,9-10,14,27,33H,2,4-5,7-8,11-12H2,1H3/t25-/m0/s1. The van der Waals surface area contributed by atoms with Crippen LogP contribution < -0.4 is 16.3 Å². The number of benzene rings is 1. The summed E-state index contributed by atoms with van der Waals surface area (Å²) in [7, 11) is 0. The van der Waals surface area contributed by atoms with E-state index in [0.717, 1.165) is 12.8 Å². The number of nitrogens with zero attached hydrogens (tertiary/aromatic N) is 2. The van der Waals surface area contributed by atoms with Gasteiger partial charge in [-0.05, 0) is 43.5 Å². The molecule has 0 saturated heterocycles. The van der Waals surface area contributed by atoms with E-state index in [9.17, 15) is 23.9 Å². The molecule has 1 fully saturated rings. The Morgan fingerprint density at radius 3 is 2.76 bits per heavy atom. The van der Waals surface area contributed by atoms with E-state index in [-0.39, 0.29) is 41.5 Å². The molecule has 3 aromatic rings. The predicted octanol–water partition coefficient (Wildman–Crippen LogP) is 1.74. The number of cyclic esters (lactones) is 1. The zero-order chi connectivity index (χ0) is 23.8. The van der Waals surface area contributed by atoms with Gasteiger partial charge in [-0.25, -0.2) is 9.18 Å². The summed E-state index contributed by atoms with van der Waals surface area (Å²) in [6.45, 7) is 2.79. The van der Waals surface area contributed by atoms with Gasteiger partial charge in [0.1, 0.15) is 12.4 Å². The van der Waals surface area contributed by atoms with Gasteiger partial charge in [0.25, 0.3) is 5.56 Å². The maximum Gasteiger partial charge on any atom is 0.343 e. The summed E-state index contributed by atoms with van der Waals surface area (Å²) in [5.74, 6) is -1.33. The molecule has 0 unspecified atom stereocenters. The van der Waals surface area contributed by atoms with E-state index in [1.54, 1.807) is 19.1 Å². The molecule has 8 nitrogen and oxygen atoms in total. The molecule has 1 aliphatic carbocycles. The SMILES string of the molecule is CC[C@@]1(O)C(=O)OCc2c1cc1n(c2=O)Cc2c-1c(=O)c1cc(F)ccc1n2CCNC1CC1. The molecule has 0 bridgehead atoms. The summed E-state index contributed by atoms with van der Waals surface area (Å²) >= 11 is 0. The fourth-order valence-corrected chi connectivity index (χ4v) is 5.24. The number of esters is 1. The quantitative estimate of drug-likeness (QED) is 0.436. The molecule has 2 aromatic heterocycles. The van der Waals surface area contributed by atoms with E-state index >= 15 is 0 Å². The summed E-state index contributed by atoms with van der Waals surface area (Å²) in [5.41, 5.74) is -0.434. The van der Waals surface area contributed by atoms with Gasteiger partial charge in [0.2, 0.25) is 0 Å². The van der Waals surface area contributed by atoms with Crippen molar-refractivity contribution < 1.29 is 19.0 Å². The number of ether oxygens (including phenoxy) is 1. The highest BCUT2D eigenvalue weighted by Crippen LogP contribution is 2.38. The predicted molar refractivity (Wildman–Crippen MR) is 122 cm³/mol. The minimum absolute atomic E-state index is 0.0224. The molecule has 6 rings (SSSR count). The van der Waals surface area contributed by atoms with E-state index in [1.807, 2.05) is 4.57 Å². The number of nitrogens with one attached hydrogen (secondary N) is 1. The van der Waals surface area contributed by atoms with Crippen LogP contribution in [-0.4, -0.2) is 32.8 Å². The molecular formula is C25H24FN3O5. The van der Waals surface area contributed by atoms with Crippen LogP contribution in [0, 0.1) is 5.82 Å². The first kappa shape index (κ1) is 21.2. The van der Waals surface area contributed by atoms with Crippen LogP contribution in [0.15, 0.2) is 33.9 Å². The topological polar surface area (TPSA) is 103 Å². The molecule has 2 aliphatic heterocycles. The first-order chi connectivity index (χ1) is 16.3. The number of hydrogen-bond donors (Lipinski definition) is 2. The molecule has 9 heteroatoms. The summed E-state index contributed by atoms with van der Waals surface area (Å²) in [4.78, 5) is 39.4. The van der Waals surface area contributed by atoms with Crippen LogP contribution in [0.2, 0.25) is 0 Å². The van der Waals surface area contributed by atoms with Crippen LogP contribution in [0.4, 0.5) is 4.39 Å². The lowest BCUT2D eigenvalue weighted by Crippen LogP contribution is -2.44. The van der Waals surface area contributed by atoms with E-state index < -0.39 is 22.9 Å². The van der Waals surface area contributed by atoms with Crippen molar-refractivity contribution >= 4 is 16.9 Å². The van der Waals surface area contributed by atoms with Gasteiger partial charge in [0.15, 0.2) is 11.0 Å². The van der Waals surface area contributed by atoms with Crippen molar-refractivity contribution in [2.45, 2.75) is 57.5 Å². The third kappa shape index (κ3) is 2.93. The van der Waals surface area contributed by atoms with Crippen molar-refractivity contribution in [3.8, 4) is 11.3 Å². The lowest BCUT2D eigenvalue weighted by molar-refractivity contribution is -0.172. The number of pyridine rings is 2.